The molecule has 1 aromatic rings. The molecule has 0 fully saturated rings. The van der Waals surface area contributed by atoms with Crippen LogP contribution in [0.3, 0.4) is 0 Å². The second kappa shape index (κ2) is 5.08. The average Bonchev–Trinajstić information content (AvgIpc) is 2.27. The molecule has 1 amide bonds. The molecule has 0 aromatic heterocycles. The average molecular weight is 250 g/mol. The Hall–Kier alpha value is -1.39. The Bertz CT molecular complexity index is 408. The number of nitrogens with zero attached hydrogens (tertiary/aromatic N) is 1. The number of benzene rings is 1. The normalized spacial score (nSPS) is 15.0. The first-order valence-corrected chi connectivity index (χ1v) is 5.97. The first-order chi connectivity index (χ1) is 8.14. The van der Waals surface area contributed by atoms with Crippen LogP contribution in [0, 0.1) is 0 Å². The molecule has 1 aromatic carbocycles. The zero-order chi connectivity index (χ0) is 14.0. The minimum absolute atomic E-state index is 0.212. The van der Waals surface area contributed by atoms with Crippen molar-refractivity contribution < 1.29 is 9.90 Å². The maximum atomic E-state index is 12.3. The van der Waals surface area contributed by atoms with Crippen LogP contribution in [0.4, 0.5) is 0 Å². The fourth-order valence-corrected chi connectivity index (χ4v) is 1.96. The Labute approximate surface area is 108 Å². The van der Waals surface area contributed by atoms with Gasteiger partial charge in [0, 0.05) is 13.6 Å². The zero-order valence-electron chi connectivity index (χ0n) is 11.5. The van der Waals surface area contributed by atoms with E-state index in [1.807, 2.05) is 30.3 Å². The molecule has 1 rings (SSSR count). The maximum Gasteiger partial charge on any atom is 0.246 e. The number of likely N-dealkylation sites (N-methyl/N-ethyl adjacent to an activating group) is 1. The smallest absolute Gasteiger partial charge is 0.246 e. The molecule has 0 aliphatic rings. The van der Waals surface area contributed by atoms with Crippen molar-refractivity contribution in [2.75, 3.05) is 13.6 Å². The molecule has 0 bridgehead atoms. The summed E-state index contributed by atoms with van der Waals surface area (Å²) in [5, 5.41) is 9.74. The van der Waals surface area contributed by atoms with Crippen LogP contribution in [-0.2, 0) is 10.3 Å². The van der Waals surface area contributed by atoms with Crippen molar-refractivity contribution in [1.29, 1.82) is 0 Å². The summed E-state index contributed by atoms with van der Waals surface area (Å²) in [7, 11) is 1.65. The minimum atomic E-state index is -1.08. The third-order valence-corrected chi connectivity index (χ3v) is 2.79. The van der Waals surface area contributed by atoms with Crippen molar-refractivity contribution in [3.8, 4) is 0 Å². The molecule has 0 radical (unpaired) electrons. The van der Waals surface area contributed by atoms with E-state index in [0.29, 0.717) is 0 Å². The number of hydrogen-bond acceptors (Lipinski definition) is 3. The summed E-state index contributed by atoms with van der Waals surface area (Å²) in [5.41, 5.74) is 4.87. The summed E-state index contributed by atoms with van der Waals surface area (Å²) in [6.07, 6.45) is 0. The molecule has 100 valence electrons. The van der Waals surface area contributed by atoms with Gasteiger partial charge in [0.25, 0.3) is 0 Å². The summed E-state index contributed by atoms with van der Waals surface area (Å²) in [4.78, 5) is 13.8. The quantitative estimate of drug-likeness (QED) is 0.840. The van der Waals surface area contributed by atoms with E-state index in [9.17, 15) is 9.90 Å². The van der Waals surface area contributed by atoms with Crippen LogP contribution < -0.4 is 5.73 Å². The highest BCUT2D eigenvalue weighted by molar-refractivity contribution is 5.86. The number of nitrogens with two attached hydrogens (primary N) is 1. The van der Waals surface area contributed by atoms with E-state index < -0.39 is 11.1 Å². The van der Waals surface area contributed by atoms with E-state index in [4.69, 9.17) is 5.73 Å². The van der Waals surface area contributed by atoms with Crippen LogP contribution >= 0.6 is 0 Å². The molecule has 0 spiro atoms. The fraction of sp³-hybridized carbons (Fsp3) is 0.500. The molecular formula is C14H22N2O2. The monoisotopic (exact) mass is 250 g/mol. The summed E-state index contributed by atoms with van der Waals surface area (Å²) in [6, 6.07) is 9.24. The molecule has 0 saturated heterocycles. The van der Waals surface area contributed by atoms with E-state index in [2.05, 4.69) is 0 Å². The van der Waals surface area contributed by atoms with E-state index >= 15 is 0 Å². The lowest BCUT2D eigenvalue weighted by Gasteiger charge is -2.32. The van der Waals surface area contributed by atoms with Gasteiger partial charge in [0.1, 0.15) is 5.54 Å². The zero-order valence-corrected chi connectivity index (χ0v) is 11.5. The molecule has 4 heteroatoms. The van der Waals surface area contributed by atoms with Gasteiger partial charge < -0.3 is 15.7 Å². The molecule has 0 heterocycles. The highest BCUT2D eigenvalue weighted by atomic mass is 16.3. The van der Waals surface area contributed by atoms with Gasteiger partial charge >= 0.3 is 0 Å². The van der Waals surface area contributed by atoms with Crippen molar-refractivity contribution >= 4 is 5.91 Å². The highest BCUT2D eigenvalue weighted by Gasteiger charge is 2.34. The molecule has 0 aliphatic carbocycles. The lowest BCUT2D eigenvalue weighted by molar-refractivity contribution is -0.138. The van der Waals surface area contributed by atoms with E-state index in [1.165, 1.54) is 4.90 Å². The number of amides is 1. The van der Waals surface area contributed by atoms with Gasteiger partial charge in [0.2, 0.25) is 5.91 Å². The Morgan fingerprint density at radius 3 is 2.22 bits per heavy atom. The predicted octanol–water partition coefficient (Wildman–Crippen LogP) is 1.09. The van der Waals surface area contributed by atoms with E-state index in [1.54, 1.807) is 27.8 Å². The Morgan fingerprint density at radius 2 is 1.78 bits per heavy atom. The van der Waals surface area contributed by atoms with Gasteiger partial charge in [-0.15, -0.1) is 0 Å². The third kappa shape index (κ3) is 3.55. The second-order valence-electron chi connectivity index (χ2n) is 5.54. The number of aliphatic hydroxyl groups is 1. The van der Waals surface area contributed by atoms with Gasteiger partial charge in [-0.25, -0.2) is 0 Å². The summed E-state index contributed by atoms with van der Waals surface area (Å²) in [6.45, 7) is 5.25. The second-order valence-corrected chi connectivity index (χ2v) is 5.54. The third-order valence-electron chi connectivity index (χ3n) is 2.79. The first-order valence-electron chi connectivity index (χ1n) is 5.97. The van der Waals surface area contributed by atoms with E-state index in [-0.39, 0.29) is 12.5 Å². The number of rotatable bonds is 4. The summed E-state index contributed by atoms with van der Waals surface area (Å²) < 4.78 is 0. The Balaban J connectivity index is 2.89. The van der Waals surface area contributed by atoms with Crippen LogP contribution in [-0.4, -0.2) is 35.1 Å². The molecule has 3 N–H and O–H groups in total. The molecular weight excluding hydrogens is 228 g/mol. The number of carbonyl (C=O) groups excluding carboxylic acids is 1. The molecule has 1 atom stereocenters. The summed E-state index contributed by atoms with van der Waals surface area (Å²) in [5.74, 6) is -0.212. The molecule has 1 unspecified atom stereocenters. The van der Waals surface area contributed by atoms with Crippen LogP contribution in [0.15, 0.2) is 30.3 Å². The van der Waals surface area contributed by atoms with Gasteiger partial charge in [0.05, 0.1) is 5.60 Å². The van der Waals surface area contributed by atoms with Crippen molar-refractivity contribution in [3.63, 3.8) is 0 Å². The topological polar surface area (TPSA) is 66.6 Å². The van der Waals surface area contributed by atoms with Crippen LogP contribution in [0.5, 0.6) is 0 Å². The lowest BCUT2D eigenvalue weighted by atomic mass is 9.91. The number of carbonyl (C=O) groups is 1. The SMILES string of the molecule is CN(CC(C)(C)O)C(=O)C(C)(N)c1ccccc1. The van der Waals surface area contributed by atoms with Gasteiger partial charge in [-0.2, -0.15) is 0 Å². The fourth-order valence-electron chi connectivity index (χ4n) is 1.96. The first kappa shape index (κ1) is 14.7. The van der Waals surface area contributed by atoms with Crippen LogP contribution in [0.1, 0.15) is 26.3 Å². The largest absolute Gasteiger partial charge is 0.389 e. The molecule has 4 nitrogen and oxygen atoms in total. The lowest BCUT2D eigenvalue weighted by Crippen LogP contribution is -2.52. The molecule has 0 saturated carbocycles. The highest BCUT2D eigenvalue weighted by Crippen LogP contribution is 2.20. The van der Waals surface area contributed by atoms with Gasteiger partial charge in [0.15, 0.2) is 0 Å². The van der Waals surface area contributed by atoms with Crippen LogP contribution in [0.2, 0.25) is 0 Å². The van der Waals surface area contributed by atoms with Gasteiger partial charge in [-0.3, -0.25) is 4.79 Å². The number of hydrogen-bond donors (Lipinski definition) is 2. The van der Waals surface area contributed by atoms with Crippen molar-refractivity contribution in [3.05, 3.63) is 35.9 Å². The van der Waals surface area contributed by atoms with Crippen molar-refractivity contribution in [2.45, 2.75) is 31.9 Å². The molecule has 0 aliphatic heterocycles. The molecule has 18 heavy (non-hydrogen) atoms. The van der Waals surface area contributed by atoms with Crippen LogP contribution in [0.25, 0.3) is 0 Å². The van der Waals surface area contributed by atoms with Crippen molar-refractivity contribution in [2.24, 2.45) is 5.73 Å². The minimum Gasteiger partial charge on any atom is -0.389 e. The predicted molar refractivity (Wildman–Crippen MR) is 71.9 cm³/mol. The Morgan fingerprint density at radius 1 is 1.28 bits per heavy atom. The summed E-state index contributed by atoms with van der Waals surface area (Å²) >= 11 is 0. The van der Waals surface area contributed by atoms with Gasteiger partial charge in [-0.05, 0) is 26.3 Å². The standard InChI is InChI=1S/C14H22N2O2/c1-13(2,18)10-16(4)12(17)14(3,15)11-8-6-5-7-9-11/h5-9,18H,10,15H2,1-4H3. The van der Waals surface area contributed by atoms with Crippen molar-refractivity contribution in [1.82, 2.24) is 4.90 Å². The maximum absolute atomic E-state index is 12.3. The van der Waals surface area contributed by atoms with Gasteiger partial charge in [-0.1, -0.05) is 30.3 Å². The Kier molecular flexibility index (Phi) is 4.14. The van der Waals surface area contributed by atoms with E-state index in [0.717, 1.165) is 5.56 Å².